The summed E-state index contributed by atoms with van der Waals surface area (Å²) in [7, 11) is 1.37. The minimum atomic E-state index is -0.608. The number of nitrogens with zero attached hydrogens (tertiary/aromatic N) is 1. The zero-order chi connectivity index (χ0) is 24.5. The maximum atomic E-state index is 14.0. The minimum Gasteiger partial charge on any atom is -0.494 e. The lowest BCUT2D eigenvalue weighted by Crippen LogP contribution is -2.03. The monoisotopic (exact) mass is 485 g/mol. The molecule has 0 fully saturated rings. The SMILES string of the molecule is CCCC(CC)CCCOc1ccc(Nc2nc(N)c(C(=O)c3ccc(OC)c(F)c3)s2)cc1. The number of carbonyl (C=O) groups excluding carboxylic acids is 1. The van der Waals surface area contributed by atoms with Crippen LogP contribution < -0.4 is 20.5 Å². The highest BCUT2D eigenvalue weighted by atomic mass is 32.1. The van der Waals surface area contributed by atoms with E-state index in [4.69, 9.17) is 15.2 Å². The third-order valence-corrected chi connectivity index (χ3v) is 6.66. The highest BCUT2D eigenvalue weighted by Gasteiger charge is 2.19. The summed E-state index contributed by atoms with van der Waals surface area (Å²) in [4.78, 5) is 17.3. The van der Waals surface area contributed by atoms with E-state index in [2.05, 4.69) is 24.1 Å². The number of ether oxygens (including phenoxy) is 2. The Morgan fingerprint density at radius 2 is 1.94 bits per heavy atom. The summed E-state index contributed by atoms with van der Waals surface area (Å²) in [5.74, 6) is 0.768. The summed E-state index contributed by atoms with van der Waals surface area (Å²) >= 11 is 1.12. The van der Waals surface area contributed by atoms with E-state index < -0.39 is 11.6 Å². The number of ketones is 1. The molecule has 3 rings (SSSR count). The van der Waals surface area contributed by atoms with E-state index in [0.717, 1.165) is 41.2 Å². The van der Waals surface area contributed by atoms with Crippen LogP contribution in [-0.2, 0) is 0 Å². The molecule has 2 aromatic carbocycles. The first-order chi connectivity index (χ1) is 16.4. The number of aromatic nitrogens is 1. The third kappa shape index (κ3) is 6.70. The molecule has 3 N–H and O–H groups in total. The van der Waals surface area contributed by atoms with Crippen molar-refractivity contribution in [1.82, 2.24) is 4.98 Å². The summed E-state index contributed by atoms with van der Waals surface area (Å²) < 4.78 is 24.8. The van der Waals surface area contributed by atoms with Crippen LogP contribution in [0.25, 0.3) is 0 Å². The first-order valence-corrected chi connectivity index (χ1v) is 12.4. The summed E-state index contributed by atoms with van der Waals surface area (Å²) in [5.41, 5.74) is 6.95. The molecule has 0 saturated heterocycles. The van der Waals surface area contributed by atoms with Crippen LogP contribution in [0.15, 0.2) is 42.5 Å². The Morgan fingerprint density at radius 1 is 1.18 bits per heavy atom. The predicted molar refractivity (Wildman–Crippen MR) is 136 cm³/mol. The molecule has 1 unspecified atom stereocenters. The predicted octanol–water partition coefficient (Wildman–Crippen LogP) is 6.83. The molecule has 34 heavy (non-hydrogen) atoms. The van der Waals surface area contributed by atoms with Crippen LogP contribution in [0.5, 0.6) is 11.5 Å². The molecular weight excluding hydrogens is 453 g/mol. The van der Waals surface area contributed by atoms with Gasteiger partial charge in [-0.25, -0.2) is 9.37 Å². The zero-order valence-electron chi connectivity index (χ0n) is 19.9. The van der Waals surface area contributed by atoms with Crippen molar-refractivity contribution in [3.63, 3.8) is 0 Å². The largest absolute Gasteiger partial charge is 0.494 e. The van der Waals surface area contributed by atoms with Gasteiger partial charge in [0.1, 0.15) is 16.4 Å². The van der Waals surface area contributed by atoms with Crippen LogP contribution in [-0.4, -0.2) is 24.5 Å². The van der Waals surface area contributed by atoms with E-state index >= 15 is 0 Å². The van der Waals surface area contributed by atoms with Crippen LogP contribution in [0.3, 0.4) is 0 Å². The van der Waals surface area contributed by atoms with Gasteiger partial charge in [0.2, 0.25) is 5.78 Å². The number of nitrogens with two attached hydrogens (primary N) is 1. The number of rotatable bonds is 13. The molecule has 6 nitrogen and oxygen atoms in total. The molecule has 1 heterocycles. The number of benzene rings is 2. The van der Waals surface area contributed by atoms with Crippen molar-refractivity contribution in [2.45, 2.75) is 46.0 Å². The number of thiazole rings is 1. The summed E-state index contributed by atoms with van der Waals surface area (Å²) in [6, 6.07) is 11.6. The van der Waals surface area contributed by atoms with E-state index in [9.17, 15) is 9.18 Å². The lowest BCUT2D eigenvalue weighted by molar-refractivity contribution is 0.104. The number of anilines is 3. The van der Waals surface area contributed by atoms with Crippen LogP contribution in [0.4, 0.5) is 21.0 Å². The molecule has 0 saturated carbocycles. The van der Waals surface area contributed by atoms with Gasteiger partial charge in [-0.1, -0.05) is 44.4 Å². The van der Waals surface area contributed by atoms with Crippen LogP contribution in [0.1, 0.15) is 61.2 Å². The van der Waals surface area contributed by atoms with E-state index in [1.807, 2.05) is 24.3 Å². The van der Waals surface area contributed by atoms with E-state index in [1.54, 1.807) is 0 Å². The maximum Gasteiger partial charge on any atom is 0.206 e. The fourth-order valence-electron chi connectivity index (χ4n) is 3.77. The summed E-state index contributed by atoms with van der Waals surface area (Å²) in [6.45, 7) is 5.18. The Balaban J connectivity index is 1.57. The first kappa shape index (κ1) is 25.5. The van der Waals surface area contributed by atoms with Gasteiger partial charge in [-0.3, -0.25) is 4.79 Å². The van der Waals surface area contributed by atoms with Crippen LogP contribution in [0.2, 0.25) is 0 Å². The standard InChI is InChI=1S/C26H32FN3O3S/c1-4-7-17(5-2)8-6-15-33-20-12-10-19(11-13-20)29-26-30-25(28)24(34-26)23(31)18-9-14-22(32-3)21(27)16-18/h9-14,16-17H,4-8,15,28H2,1-3H3,(H,29,30). The molecule has 1 aromatic heterocycles. The van der Waals surface area contributed by atoms with Crippen molar-refractivity contribution in [1.29, 1.82) is 0 Å². The van der Waals surface area contributed by atoms with Gasteiger partial charge in [-0.05, 0) is 61.2 Å². The summed E-state index contributed by atoms with van der Waals surface area (Å²) in [6.07, 6.45) is 5.97. The molecule has 0 radical (unpaired) electrons. The molecule has 1 atom stereocenters. The molecule has 8 heteroatoms. The average molecular weight is 486 g/mol. The smallest absolute Gasteiger partial charge is 0.206 e. The number of nitrogen functional groups attached to an aromatic ring is 1. The second-order valence-electron chi connectivity index (χ2n) is 8.11. The van der Waals surface area contributed by atoms with Gasteiger partial charge >= 0.3 is 0 Å². The molecule has 0 spiro atoms. The Morgan fingerprint density at radius 3 is 2.59 bits per heavy atom. The molecule has 3 aromatic rings. The maximum absolute atomic E-state index is 14.0. The number of hydrogen-bond donors (Lipinski definition) is 2. The van der Waals surface area contributed by atoms with Crippen LogP contribution >= 0.6 is 11.3 Å². The van der Waals surface area contributed by atoms with Gasteiger partial charge in [0.05, 0.1) is 13.7 Å². The highest BCUT2D eigenvalue weighted by Crippen LogP contribution is 2.31. The Hall–Kier alpha value is -3.13. The van der Waals surface area contributed by atoms with Crippen molar-refractivity contribution in [3.05, 3.63) is 58.7 Å². The molecule has 0 amide bonds. The number of halogens is 1. The van der Waals surface area contributed by atoms with E-state index in [-0.39, 0.29) is 22.0 Å². The fourth-order valence-corrected chi connectivity index (χ4v) is 4.63. The van der Waals surface area contributed by atoms with E-state index in [0.29, 0.717) is 11.7 Å². The first-order valence-electron chi connectivity index (χ1n) is 11.6. The highest BCUT2D eigenvalue weighted by molar-refractivity contribution is 7.18. The molecule has 0 aliphatic heterocycles. The second-order valence-corrected chi connectivity index (χ2v) is 9.11. The molecule has 0 aliphatic rings. The molecular formula is C26H32FN3O3S. The molecule has 0 aliphatic carbocycles. The molecule has 182 valence electrons. The summed E-state index contributed by atoms with van der Waals surface area (Å²) in [5, 5.41) is 3.63. The lowest BCUT2D eigenvalue weighted by Gasteiger charge is -2.13. The van der Waals surface area contributed by atoms with Gasteiger partial charge in [0.15, 0.2) is 16.7 Å². The zero-order valence-corrected chi connectivity index (χ0v) is 20.7. The van der Waals surface area contributed by atoms with Crippen molar-refractivity contribution in [2.75, 3.05) is 24.8 Å². The Kier molecular flexibility index (Phi) is 9.27. The van der Waals surface area contributed by atoms with Crippen molar-refractivity contribution in [2.24, 2.45) is 5.92 Å². The quantitative estimate of drug-likeness (QED) is 0.204. The van der Waals surface area contributed by atoms with Crippen LogP contribution in [0, 0.1) is 11.7 Å². The lowest BCUT2D eigenvalue weighted by atomic mass is 9.96. The van der Waals surface area contributed by atoms with Gasteiger partial charge in [-0.15, -0.1) is 0 Å². The topological polar surface area (TPSA) is 86.5 Å². The van der Waals surface area contributed by atoms with Crippen molar-refractivity contribution in [3.8, 4) is 11.5 Å². The van der Waals surface area contributed by atoms with E-state index in [1.165, 1.54) is 44.9 Å². The van der Waals surface area contributed by atoms with Gasteiger partial charge in [-0.2, -0.15) is 0 Å². The van der Waals surface area contributed by atoms with Crippen molar-refractivity contribution < 1.29 is 18.7 Å². The van der Waals surface area contributed by atoms with Gasteiger partial charge in [0.25, 0.3) is 0 Å². The third-order valence-electron chi connectivity index (χ3n) is 5.68. The number of carbonyl (C=O) groups is 1. The molecule has 0 bridgehead atoms. The Bertz CT molecular complexity index is 1090. The number of nitrogens with one attached hydrogen (secondary N) is 1. The minimum absolute atomic E-state index is 0.0743. The average Bonchev–Trinajstić information content (AvgIpc) is 3.21. The van der Waals surface area contributed by atoms with Crippen molar-refractivity contribution >= 4 is 33.8 Å². The number of hydrogen-bond acceptors (Lipinski definition) is 7. The normalized spacial score (nSPS) is 11.8. The second kappa shape index (κ2) is 12.4. The number of methoxy groups -OCH3 is 1. The van der Waals surface area contributed by atoms with Gasteiger partial charge in [0, 0.05) is 11.3 Å². The Labute approximate surface area is 204 Å². The fraction of sp³-hybridized carbons (Fsp3) is 0.385. The van der Waals surface area contributed by atoms with Gasteiger partial charge < -0.3 is 20.5 Å².